The number of ether oxygens (including phenoxy) is 1. The van der Waals surface area contributed by atoms with Gasteiger partial charge in [-0.2, -0.15) is 0 Å². The zero-order valence-corrected chi connectivity index (χ0v) is 18.0. The number of pyridine rings is 1. The Hall–Kier alpha value is -3.01. The van der Waals surface area contributed by atoms with Gasteiger partial charge in [-0.1, -0.05) is 41.3 Å². The molecule has 0 aliphatic heterocycles. The molecule has 30 heavy (non-hydrogen) atoms. The van der Waals surface area contributed by atoms with E-state index in [9.17, 15) is 4.79 Å². The summed E-state index contributed by atoms with van der Waals surface area (Å²) >= 11 is 8.39. The molecule has 9 heteroatoms. The molecule has 148 valence electrons. The van der Waals surface area contributed by atoms with Crippen LogP contribution in [0, 0.1) is 4.84 Å². The van der Waals surface area contributed by atoms with Crippen LogP contribution in [0.3, 0.4) is 0 Å². The van der Waals surface area contributed by atoms with Gasteiger partial charge in [0.15, 0.2) is 11.3 Å². The molecule has 3 aromatic heterocycles. The van der Waals surface area contributed by atoms with Gasteiger partial charge in [-0.3, -0.25) is 4.79 Å². The van der Waals surface area contributed by atoms with Gasteiger partial charge in [-0.25, -0.2) is 14.5 Å². The van der Waals surface area contributed by atoms with E-state index in [4.69, 9.17) is 21.4 Å². The summed E-state index contributed by atoms with van der Waals surface area (Å²) in [6.45, 7) is 0. The van der Waals surface area contributed by atoms with Crippen LogP contribution in [0.4, 0.5) is 0 Å². The molecular weight excluding hydrogens is 438 g/mol. The van der Waals surface area contributed by atoms with Crippen LogP contribution in [0.1, 0.15) is 0 Å². The van der Waals surface area contributed by atoms with Crippen LogP contribution in [-0.2, 0) is 0 Å². The van der Waals surface area contributed by atoms with Crippen molar-refractivity contribution in [3.05, 3.63) is 76.0 Å². The third-order valence-corrected chi connectivity index (χ3v) is 6.65. The molecule has 0 saturated heterocycles. The largest absolute Gasteiger partial charge is 0.493 e. The van der Waals surface area contributed by atoms with Gasteiger partial charge in [0.25, 0.3) is 10.4 Å². The minimum Gasteiger partial charge on any atom is -0.493 e. The highest BCUT2D eigenvalue weighted by Gasteiger charge is 2.17. The maximum Gasteiger partial charge on any atom is 0.290 e. The molecule has 0 fully saturated rings. The van der Waals surface area contributed by atoms with Gasteiger partial charge in [-0.05, 0) is 42.5 Å². The molecule has 5 aromatic rings. The van der Waals surface area contributed by atoms with Gasteiger partial charge in [0, 0.05) is 22.1 Å². The summed E-state index contributed by atoms with van der Waals surface area (Å²) < 4.78 is 13.2. The first-order valence-electron chi connectivity index (χ1n) is 8.87. The molecule has 0 unspecified atom stereocenters. The summed E-state index contributed by atoms with van der Waals surface area (Å²) in [5.41, 5.74) is 0.766. The van der Waals surface area contributed by atoms with Crippen LogP contribution in [0.2, 0.25) is 0 Å². The van der Waals surface area contributed by atoms with E-state index >= 15 is 0 Å². The summed E-state index contributed by atoms with van der Waals surface area (Å²) in [6, 6.07) is 17.8. The first-order chi connectivity index (χ1) is 14.6. The van der Waals surface area contributed by atoms with Crippen LogP contribution in [0.15, 0.2) is 79.8 Å². The minimum atomic E-state index is -0.391. The van der Waals surface area contributed by atoms with Crippen molar-refractivity contribution in [1.29, 1.82) is 0 Å². The quantitative estimate of drug-likeness (QED) is 0.335. The van der Waals surface area contributed by atoms with Crippen LogP contribution < -0.4 is 10.3 Å². The highest BCUT2D eigenvalue weighted by atomic mass is 32.2. The molecular formula is C21H13N3O3S3. The van der Waals surface area contributed by atoms with E-state index in [2.05, 4.69) is 28.2 Å². The Kier molecular flexibility index (Phi) is 4.86. The van der Waals surface area contributed by atoms with Gasteiger partial charge in [0.05, 0.1) is 17.3 Å². The Morgan fingerprint density at radius 1 is 1.13 bits per heavy atom. The van der Waals surface area contributed by atoms with Crippen LogP contribution in [0.5, 0.6) is 5.75 Å². The maximum atomic E-state index is 13.1. The summed E-state index contributed by atoms with van der Waals surface area (Å²) in [7, 11) is 1.50. The van der Waals surface area contributed by atoms with E-state index in [0.717, 1.165) is 20.0 Å². The minimum absolute atomic E-state index is 0.00302. The fourth-order valence-electron chi connectivity index (χ4n) is 3.01. The second-order valence-electron chi connectivity index (χ2n) is 6.24. The van der Waals surface area contributed by atoms with E-state index in [1.54, 1.807) is 17.8 Å². The average Bonchev–Trinajstić information content (AvgIpc) is 3.17. The summed E-state index contributed by atoms with van der Waals surface area (Å²) in [4.78, 5) is 24.1. The molecule has 0 radical (unpaired) electrons. The van der Waals surface area contributed by atoms with Crippen molar-refractivity contribution in [2.24, 2.45) is 0 Å². The second kappa shape index (κ2) is 7.67. The standard InChI is InChI=1S/C21H13N3O3S3/c1-26-15-9-10-22-17-18(15)27-21(28)24(19(17)25)20-23-14-8-7-13(11-16(14)30-20)29-12-5-3-2-4-6-12/h2-11H,1H3. The first kappa shape index (κ1) is 19.0. The molecule has 0 amide bonds. The van der Waals surface area contributed by atoms with E-state index in [-0.39, 0.29) is 15.9 Å². The fourth-order valence-corrected chi connectivity index (χ4v) is 5.27. The number of methoxy groups -OCH3 is 1. The topological polar surface area (TPSA) is 70.2 Å². The first-order valence-corrected chi connectivity index (χ1v) is 10.9. The molecule has 2 aromatic carbocycles. The number of aromatic nitrogens is 3. The third-order valence-electron chi connectivity index (χ3n) is 4.38. The number of fused-ring (bicyclic) bond motifs is 2. The van der Waals surface area contributed by atoms with Crippen LogP contribution >= 0.6 is 35.3 Å². The average molecular weight is 452 g/mol. The fraction of sp³-hybridized carbons (Fsp3) is 0.0476. The lowest BCUT2D eigenvalue weighted by atomic mass is 10.3. The number of benzene rings is 2. The Bertz CT molecular complexity index is 1510. The lowest BCUT2D eigenvalue weighted by Crippen LogP contribution is -2.20. The number of thiazole rings is 1. The molecule has 0 atom stereocenters. The zero-order valence-electron chi connectivity index (χ0n) is 15.6. The van der Waals surface area contributed by atoms with Crippen molar-refractivity contribution >= 4 is 56.6 Å². The maximum absolute atomic E-state index is 13.1. The van der Waals surface area contributed by atoms with Crippen molar-refractivity contribution in [2.45, 2.75) is 9.79 Å². The van der Waals surface area contributed by atoms with Crippen molar-refractivity contribution in [1.82, 2.24) is 14.5 Å². The SMILES string of the molecule is COc1ccnc2c(=O)n(-c3nc4ccc(Sc5ccccc5)cc4s3)c(=S)oc12. The van der Waals surface area contributed by atoms with E-state index < -0.39 is 5.56 Å². The molecule has 0 N–H and O–H groups in total. The molecule has 0 bridgehead atoms. The van der Waals surface area contributed by atoms with E-state index in [0.29, 0.717) is 10.9 Å². The Morgan fingerprint density at radius 2 is 1.97 bits per heavy atom. The Labute approximate surface area is 183 Å². The summed E-state index contributed by atoms with van der Waals surface area (Å²) in [6.07, 6.45) is 1.50. The Balaban J connectivity index is 1.62. The lowest BCUT2D eigenvalue weighted by Gasteiger charge is -2.05. The number of hydrogen-bond acceptors (Lipinski definition) is 8. The van der Waals surface area contributed by atoms with Gasteiger partial charge in [0.1, 0.15) is 0 Å². The summed E-state index contributed by atoms with van der Waals surface area (Å²) in [5.74, 6) is 0.405. The smallest absolute Gasteiger partial charge is 0.290 e. The predicted octanol–water partition coefficient (Wildman–Crippen LogP) is 5.48. The van der Waals surface area contributed by atoms with Gasteiger partial charge < -0.3 is 9.15 Å². The second-order valence-corrected chi connectivity index (χ2v) is 8.75. The van der Waals surface area contributed by atoms with E-state index in [1.807, 2.05) is 30.3 Å². The number of nitrogens with zero attached hydrogens (tertiary/aromatic N) is 3. The number of rotatable bonds is 4. The normalized spacial score (nSPS) is 11.2. The molecule has 5 rings (SSSR count). The van der Waals surface area contributed by atoms with Crippen molar-refractivity contribution in [3.8, 4) is 10.9 Å². The summed E-state index contributed by atoms with van der Waals surface area (Å²) in [5, 5.41) is 0.442. The van der Waals surface area contributed by atoms with Crippen molar-refractivity contribution in [3.63, 3.8) is 0 Å². The monoisotopic (exact) mass is 451 g/mol. The lowest BCUT2D eigenvalue weighted by molar-refractivity contribution is 0.404. The predicted molar refractivity (Wildman–Crippen MR) is 121 cm³/mol. The molecule has 0 saturated carbocycles. The molecule has 0 aliphatic carbocycles. The van der Waals surface area contributed by atoms with Crippen LogP contribution in [0.25, 0.3) is 26.4 Å². The number of hydrogen-bond donors (Lipinski definition) is 0. The van der Waals surface area contributed by atoms with Gasteiger partial charge in [-0.15, -0.1) is 0 Å². The highest BCUT2D eigenvalue weighted by Crippen LogP contribution is 2.33. The van der Waals surface area contributed by atoms with Gasteiger partial charge >= 0.3 is 0 Å². The highest BCUT2D eigenvalue weighted by molar-refractivity contribution is 7.99. The van der Waals surface area contributed by atoms with Crippen LogP contribution in [-0.4, -0.2) is 21.6 Å². The molecule has 3 heterocycles. The van der Waals surface area contributed by atoms with Crippen molar-refractivity contribution in [2.75, 3.05) is 7.11 Å². The van der Waals surface area contributed by atoms with Crippen molar-refractivity contribution < 1.29 is 9.15 Å². The zero-order chi connectivity index (χ0) is 20.7. The molecule has 6 nitrogen and oxygen atoms in total. The Morgan fingerprint density at radius 3 is 2.77 bits per heavy atom. The molecule has 0 spiro atoms. The molecule has 0 aliphatic rings. The van der Waals surface area contributed by atoms with E-state index in [1.165, 1.54) is 29.2 Å². The third kappa shape index (κ3) is 3.30. The van der Waals surface area contributed by atoms with Gasteiger partial charge in [0.2, 0.25) is 10.7 Å².